The molecule has 1 saturated heterocycles. The second kappa shape index (κ2) is 14.0. The first kappa shape index (κ1) is 28.5. The first-order valence-corrected chi connectivity index (χ1v) is 17.4. The summed E-state index contributed by atoms with van der Waals surface area (Å²) in [4.78, 5) is 0. The van der Waals surface area contributed by atoms with E-state index in [0.717, 1.165) is 22.7 Å². The fourth-order valence-corrected chi connectivity index (χ4v) is 8.08. The Balaban J connectivity index is 1.37. The van der Waals surface area contributed by atoms with Gasteiger partial charge in [-0.2, -0.15) is 0 Å². The van der Waals surface area contributed by atoms with Crippen molar-refractivity contribution in [3.63, 3.8) is 0 Å². The molecule has 0 N–H and O–H groups in total. The maximum Gasteiger partial charge on any atom is 0.115 e. The smallest absolute Gasteiger partial charge is 0.115 e. The van der Waals surface area contributed by atoms with Gasteiger partial charge in [0, 0.05) is 0 Å². The molecular formula is C35H40O4Si. The minimum absolute atomic E-state index is 0.0864. The van der Waals surface area contributed by atoms with Crippen molar-refractivity contribution in [1.29, 1.82) is 0 Å². The molecule has 1 aliphatic rings. The van der Waals surface area contributed by atoms with Crippen LogP contribution in [0.4, 0.5) is 0 Å². The molecule has 1 heterocycles. The lowest BCUT2D eigenvalue weighted by molar-refractivity contribution is -0.0897. The van der Waals surface area contributed by atoms with Gasteiger partial charge in [0.1, 0.15) is 18.3 Å². The molecule has 0 radical (unpaired) electrons. The number of hydrogen-bond donors (Lipinski definition) is 0. The summed E-state index contributed by atoms with van der Waals surface area (Å²) in [5, 5.41) is 1.42. The van der Waals surface area contributed by atoms with Gasteiger partial charge in [-0.1, -0.05) is 140 Å². The van der Waals surface area contributed by atoms with Crippen molar-refractivity contribution in [2.45, 2.75) is 63.4 Å². The Hall–Kier alpha value is -3.06. The maximum absolute atomic E-state index is 6.82. The fraction of sp³-hybridized carbons (Fsp3) is 0.314. The van der Waals surface area contributed by atoms with Gasteiger partial charge in [-0.3, -0.25) is 0 Å². The van der Waals surface area contributed by atoms with Crippen LogP contribution in [0, 0.1) is 0 Å². The zero-order chi connectivity index (χ0) is 27.6. The average Bonchev–Trinajstić information content (AvgIpc) is 3.31. The van der Waals surface area contributed by atoms with Crippen LogP contribution < -0.4 is 5.19 Å². The van der Waals surface area contributed by atoms with Crippen molar-refractivity contribution < 1.29 is 18.9 Å². The molecule has 0 saturated carbocycles. The quantitative estimate of drug-likeness (QED) is 0.172. The highest BCUT2D eigenvalue weighted by atomic mass is 28.3. The molecule has 4 atom stereocenters. The molecule has 5 rings (SSSR count). The van der Waals surface area contributed by atoms with Crippen LogP contribution in [0.5, 0.6) is 0 Å². The zero-order valence-corrected chi connectivity index (χ0v) is 24.5. The largest absolute Gasteiger partial charge is 0.374 e. The van der Waals surface area contributed by atoms with Gasteiger partial charge in [-0.25, -0.2) is 0 Å². The molecule has 0 unspecified atom stereocenters. The summed E-state index contributed by atoms with van der Waals surface area (Å²) >= 11 is 0. The Morgan fingerprint density at radius 1 is 0.550 bits per heavy atom. The molecule has 1 aliphatic heterocycles. The summed E-state index contributed by atoms with van der Waals surface area (Å²) in [5.74, 6) is 0. The molecule has 0 amide bonds. The van der Waals surface area contributed by atoms with Gasteiger partial charge in [-0.05, 0) is 22.7 Å². The molecule has 208 valence electrons. The van der Waals surface area contributed by atoms with E-state index in [2.05, 4.69) is 92.0 Å². The Labute approximate surface area is 239 Å². The third-order valence-corrected chi connectivity index (χ3v) is 11.0. The summed E-state index contributed by atoms with van der Waals surface area (Å²) < 4.78 is 26.4. The zero-order valence-electron chi connectivity index (χ0n) is 23.5. The average molecular weight is 553 g/mol. The van der Waals surface area contributed by atoms with Crippen LogP contribution in [0.15, 0.2) is 121 Å². The van der Waals surface area contributed by atoms with Crippen molar-refractivity contribution >= 4 is 13.3 Å². The topological polar surface area (TPSA) is 36.9 Å². The molecule has 4 aromatic rings. The Morgan fingerprint density at radius 2 is 0.975 bits per heavy atom. The summed E-state index contributed by atoms with van der Waals surface area (Å²) in [6, 6.07) is 42.7. The van der Waals surface area contributed by atoms with E-state index >= 15 is 0 Å². The minimum atomic E-state index is -1.83. The molecule has 0 aliphatic carbocycles. The van der Waals surface area contributed by atoms with Gasteiger partial charge in [-0.15, -0.1) is 0 Å². The molecule has 5 heteroatoms. The second-order valence-corrected chi connectivity index (χ2v) is 15.9. The van der Waals surface area contributed by atoms with Crippen molar-refractivity contribution in [2.75, 3.05) is 6.61 Å². The van der Waals surface area contributed by atoms with E-state index in [-0.39, 0.29) is 24.4 Å². The predicted molar refractivity (Wildman–Crippen MR) is 163 cm³/mol. The van der Waals surface area contributed by atoms with Gasteiger partial charge >= 0.3 is 0 Å². The summed E-state index contributed by atoms with van der Waals surface area (Å²) in [6.07, 6.45) is -0.759. The van der Waals surface area contributed by atoms with Gasteiger partial charge in [0.15, 0.2) is 0 Å². The standard InChI is InChI=1S/C35H40O4Si/c1-40(2,31-21-13-6-14-22-31)27-33-35(38-25-30-19-11-5-12-20-30)34(37-24-29-17-9-4-10-18-29)32(39-33)26-36-23-28-15-7-3-8-16-28/h3-22,32-35H,23-27H2,1-2H3/t32-,33+,34-,35-/m0/s1. The van der Waals surface area contributed by atoms with Crippen LogP contribution in [0.25, 0.3) is 0 Å². The third kappa shape index (κ3) is 7.78. The van der Waals surface area contributed by atoms with Crippen molar-refractivity contribution in [3.05, 3.63) is 138 Å². The highest BCUT2D eigenvalue weighted by Gasteiger charge is 2.48. The molecule has 40 heavy (non-hydrogen) atoms. The monoisotopic (exact) mass is 552 g/mol. The van der Waals surface area contributed by atoms with E-state index in [9.17, 15) is 0 Å². The van der Waals surface area contributed by atoms with Gasteiger partial charge in [0.2, 0.25) is 0 Å². The van der Waals surface area contributed by atoms with E-state index in [1.165, 1.54) is 5.19 Å². The highest BCUT2D eigenvalue weighted by molar-refractivity contribution is 6.89. The molecule has 0 aromatic heterocycles. The second-order valence-electron chi connectivity index (χ2n) is 11.2. The lowest BCUT2D eigenvalue weighted by Gasteiger charge is -2.30. The molecule has 4 aromatic carbocycles. The van der Waals surface area contributed by atoms with Gasteiger partial charge < -0.3 is 18.9 Å². The lowest BCUT2D eigenvalue weighted by atomic mass is 10.1. The van der Waals surface area contributed by atoms with Crippen LogP contribution in [-0.2, 0) is 38.8 Å². The van der Waals surface area contributed by atoms with E-state index in [1.807, 2.05) is 42.5 Å². The molecule has 1 fully saturated rings. The molecule has 0 spiro atoms. The summed E-state index contributed by atoms with van der Waals surface area (Å²) in [7, 11) is -1.83. The fourth-order valence-electron chi connectivity index (χ4n) is 5.42. The number of rotatable bonds is 13. The van der Waals surface area contributed by atoms with Crippen molar-refractivity contribution in [1.82, 2.24) is 0 Å². The number of hydrogen-bond acceptors (Lipinski definition) is 4. The Morgan fingerprint density at radius 3 is 1.48 bits per heavy atom. The Kier molecular flexibility index (Phi) is 9.98. The summed E-state index contributed by atoms with van der Waals surface area (Å²) in [6.45, 7) is 6.83. The van der Waals surface area contributed by atoms with E-state index in [1.54, 1.807) is 0 Å². The summed E-state index contributed by atoms with van der Waals surface area (Å²) in [5.41, 5.74) is 3.43. The van der Waals surface area contributed by atoms with Crippen LogP contribution in [0.1, 0.15) is 16.7 Å². The number of benzene rings is 4. The van der Waals surface area contributed by atoms with Gasteiger partial charge in [0.25, 0.3) is 0 Å². The minimum Gasteiger partial charge on any atom is -0.374 e. The van der Waals surface area contributed by atoms with Crippen molar-refractivity contribution in [2.24, 2.45) is 0 Å². The highest BCUT2D eigenvalue weighted by Crippen LogP contribution is 2.33. The Bertz CT molecular complexity index is 1270. The predicted octanol–water partition coefficient (Wildman–Crippen LogP) is 6.76. The van der Waals surface area contributed by atoms with Crippen LogP contribution in [-0.4, -0.2) is 39.1 Å². The SMILES string of the molecule is C[Si](C)(C[C@H]1O[C@@H](COCc2ccccc2)[C@H](OCc2ccccc2)[C@H]1OCc1ccccc1)c1ccccc1. The first-order valence-electron chi connectivity index (χ1n) is 14.2. The van der Waals surface area contributed by atoms with Gasteiger partial charge in [0.05, 0.1) is 40.6 Å². The molecule has 4 nitrogen and oxygen atoms in total. The normalized spacial score (nSPS) is 20.9. The van der Waals surface area contributed by atoms with Crippen LogP contribution in [0.2, 0.25) is 19.1 Å². The first-order chi connectivity index (χ1) is 19.6. The van der Waals surface area contributed by atoms with Crippen molar-refractivity contribution in [3.8, 4) is 0 Å². The van der Waals surface area contributed by atoms with Crippen LogP contribution >= 0.6 is 0 Å². The lowest BCUT2D eigenvalue weighted by Crippen LogP contribution is -2.47. The van der Waals surface area contributed by atoms with E-state index in [4.69, 9.17) is 18.9 Å². The molecular weight excluding hydrogens is 512 g/mol. The van der Waals surface area contributed by atoms with E-state index < -0.39 is 8.07 Å². The van der Waals surface area contributed by atoms with Crippen LogP contribution in [0.3, 0.4) is 0 Å². The maximum atomic E-state index is 6.82. The third-order valence-electron chi connectivity index (χ3n) is 7.64. The van der Waals surface area contributed by atoms with E-state index in [0.29, 0.717) is 26.4 Å². The molecule has 0 bridgehead atoms. The number of ether oxygens (including phenoxy) is 4.